The van der Waals surface area contributed by atoms with Crippen LogP contribution in [0.25, 0.3) is 0 Å². The topological polar surface area (TPSA) is 90.4 Å². The van der Waals surface area contributed by atoms with Gasteiger partial charge in [-0.2, -0.15) is 0 Å². The van der Waals surface area contributed by atoms with Crippen LogP contribution in [0.5, 0.6) is 5.88 Å². The minimum absolute atomic E-state index is 0.141. The van der Waals surface area contributed by atoms with Crippen LogP contribution >= 0.6 is 0 Å². The third-order valence-electron chi connectivity index (χ3n) is 2.84. The summed E-state index contributed by atoms with van der Waals surface area (Å²) in [5.74, 6) is -0.655. The maximum absolute atomic E-state index is 12.3. The Kier molecular flexibility index (Phi) is 5.62. The van der Waals surface area contributed by atoms with Gasteiger partial charge in [0.15, 0.2) is 0 Å². The number of nitrogens with one attached hydrogen (secondary N) is 1. The lowest BCUT2D eigenvalue weighted by atomic mass is 10.1. The zero-order valence-electron chi connectivity index (χ0n) is 12.9. The first-order valence-corrected chi connectivity index (χ1v) is 7.18. The Balaban J connectivity index is 2.20. The van der Waals surface area contributed by atoms with E-state index >= 15 is 0 Å². The lowest BCUT2D eigenvalue weighted by Gasteiger charge is -2.10. The molecular weight excluding hydrogens is 298 g/mol. The van der Waals surface area contributed by atoms with Crippen molar-refractivity contribution in [3.63, 3.8) is 0 Å². The van der Waals surface area contributed by atoms with Crippen LogP contribution in [-0.4, -0.2) is 35.1 Å². The quantitative estimate of drug-likeness (QED) is 0.823. The molecule has 0 radical (unpaired) electrons. The fourth-order valence-corrected chi connectivity index (χ4v) is 1.86. The predicted molar refractivity (Wildman–Crippen MR) is 83.6 cm³/mol. The van der Waals surface area contributed by atoms with Crippen molar-refractivity contribution in [2.45, 2.75) is 13.8 Å². The molecule has 0 bridgehead atoms. The van der Waals surface area contributed by atoms with Gasteiger partial charge in [-0.15, -0.1) is 0 Å². The van der Waals surface area contributed by atoms with E-state index in [1.165, 1.54) is 12.4 Å². The highest BCUT2D eigenvalue weighted by atomic mass is 16.5. The Labute approximate surface area is 133 Å². The van der Waals surface area contributed by atoms with Crippen LogP contribution in [0.3, 0.4) is 0 Å². The van der Waals surface area contributed by atoms with Gasteiger partial charge in [0.05, 0.1) is 24.5 Å². The molecule has 2 rings (SSSR count). The fraction of sp³-hybridized carbons (Fsp3) is 0.250. The lowest BCUT2D eigenvalue weighted by Crippen LogP contribution is -2.17. The largest absolute Gasteiger partial charge is 0.478 e. The van der Waals surface area contributed by atoms with E-state index in [9.17, 15) is 9.59 Å². The van der Waals surface area contributed by atoms with Crippen molar-refractivity contribution in [1.82, 2.24) is 9.97 Å². The summed E-state index contributed by atoms with van der Waals surface area (Å²) in [7, 11) is 0. The number of amides is 1. The average molecular weight is 315 g/mol. The molecule has 7 heteroatoms. The van der Waals surface area contributed by atoms with Crippen LogP contribution in [0.2, 0.25) is 0 Å². The van der Waals surface area contributed by atoms with E-state index < -0.39 is 11.9 Å². The van der Waals surface area contributed by atoms with Gasteiger partial charge in [-0.05, 0) is 26.0 Å². The van der Waals surface area contributed by atoms with Gasteiger partial charge in [0.2, 0.25) is 5.88 Å². The minimum atomic E-state index is -0.499. The number of hydrogen-bond acceptors (Lipinski definition) is 6. The monoisotopic (exact) mass is 315 g/mol. The van der Waals surface area contributed by atoms with Crippen LogP contribution in [0.1, 0.15) is 34.7 Å². The van der Waals surface area contributed by atoms with E-state index in [0.29, 0.717) is 18.2 Å². The Hall–Kier alpha value is -2.96. The number of carbonyl (C=O) groups is 2. The summed E-state index contributed by atoms with van der Waals surface area (Å²) in [5.41, 5.74) is 0.774. The molecule has 0 saturated carbocycles. The highest BCUT2D eigenvalue weighted by molar-refractivity contribution is 6.07. The first-order chi connectivity index (χ1) is 11.2. The number of hydrogen-bond donors (Lipinski definition) is 1. The van der Waals surface area contributed by atoms with Crippen LogP contribution in [-0.2, 0) is 4.74 Å². The molecule has 0 spiro atoms. The third-order valence-corrected chi connectivity index (χ3v) is 2.84. The maximum atomic E-state index is 12.3. The lowest BCUT2D eigenvalue weighted by molar-refractivity contribution is 0.0527. The molecule has 1 aromatic carbocycles. The van der Waals surface area contributed by atoms with Crippen molar-refractivity contribution in [1.29, 1.82) is 0 Å². The molecular formula is C16H17N3O4. The Morgan fingerprint density at radius 1 is 1.13 bits per heavy atom. The molecule has 120 valence electrons. The zero-order chi connectivity index (χ0) is 16.7. The molecule has 1 aromatic heterocycles. The standard InChI is InChI=1S/C16H17N3O4/c1-3-22-14-9-13(17-10-18-14)15(20)19-12-8-6-5-7-11(12)16(21)23-4-2/h5-10H,3-4H2,1-2H3,(H,19,20). The number of para-hydroxylation sites is 1. The molecule has 0 aliphatic rings. The first kappa shape index (κ1) is 16.4. The number of carbonyl (C=O) groups excluding carboxylic acids is 2. The second-order valence-electron chi connectivity index (χ2n) is 4.39. The maximum Gasteiger partial charge on any atom is 0.340 e. The average Bonchev–Trinajstić information content (AvgIpc) is 2.56. The van der Waals surface area contributed by atoms with Crippen molar-refractivity contribution in [3.05, 3.63) is 47.9 Å². The number of anilines is 1. The molecule has 1 amide bonds. The molecule has 1 heterocycles. The summed E-state index contributed by atoms with van der Waals surface area (Å²) in [6, 6.07) is 8.05. The molecule has 0 saturated heterocycles. The van der Waals surface area contributed by atoms with Crippen molar-refractivity contribution >= 4 is 17.6 Å². The van der Waals surface area contributed by atoms with Crippen molar-refractivity contribution in [2.24, 2.45) is 0 Å². The van der Waals surface area contributed by atoms with Gasteiger partial charge in [-0.1, -0.05) is 12.1 Å². The molecule has 0 atom stereocenters. The van der Waals surface area contributed by atoms with E-state index in [4.69, 9.17) is 9.47 Å². The minimum Gasteiger partial charge on any atom is -0.478 e. The summed E-state index contributed by atoms with van der Waals surface area (Å²) in [4.78, 5) is 32.0. The van der Waals surface area contributed by atoms with Crippen LogP contribution in [0.4, 0.5) is 5.69 Å². The number of benzene rings is 1. The van der Waals surface area contributed by atoms with Crippen molar-refractivity contribution < 1.29 is 19.1 Å². The molecule has 23 heavy (non-hydrogen) atoms. The van der Waals surface area contributed by atoms with E-state index in [0.717, 1.165) is 0 Å². The van der Waals surface area contributed by atoms with Gasteiger partial charge in [0, 0.05) is 6.07 Å². The van der Waals surface area contributed by atoms with Gasteiger partial charge in [0.1, 0.15) is 12.0 Å². The molecule has 0 fully saturated rings. The summed E-state index contributed by atoms with van der Waals surface area (Å²) < 4.78 is 10.2. The summed E-state index contributed by atoms with van der Waals surface area (Å²) in [6.07, 6.45) is 1.25. The second kappa shape index (κ2) is 7.88. The fourth-order valence-electron chi connectivity index (χ4n) is 1.86. The molecule has 0 unspecified atom stereocenters. The van der Waals surface area contributed by atoms with E-state index in [2.05, 4.69) is 15.3 Å². The number of aromatic nitrogens is 2. The van der Waals surface area contributed by atoms with Crippen LogP contribution in [0, 0.1) is 0 Å². The SMILES string of the molecule is CCOC(=O)c1ccccc1NC(=O)c1cc(OCC)ncn1. The smallest absolute Gasteiger partial charge is 0.340 e. The van der Waals surface area contributed by atoms with Gasteiger partial charge in [-0.3, -0.25) is 4.79 Å². The van der Waals surface area contributed by atoms with E-state index in [1.807, 2.05) is 6.92 Å². The highest BCUT2D eigenvalue weighted by Crippen LogP contribution is 2.17. The molecule has 1 N–H and O–H groups in total. The van der Waals surface area contributed by atoms with Crippen molar-refractivity contribution in [3.8, 4) is 5.88 Å². The zero-order valence-corrected chi connectivity index (χ0v) is 12.9. The van der Waals surface area contributed by atoms with Gasteiger partial charge in [0.25, 0.3) is 5.91 Å². The van der Waals surface area contributed by atoms with Gasteiger partial charge in [-0.25, -0.2) is 14.8 Å². The number of ether oxygens (including phenoxy) is 2. The highest BCUT2D eigenvalue weighted by Gasteiger charge is 2.16. The van der Waals surface area contributed by atoms with Gasteiger partial charge >= 0.3 is 5.97 Å². The van der Waals surface area contributed by atoms with Crippen LogP contribution < -0.4 is 10.1 Å². The Morgan fingerprint density at radius 2 is 1.91 bits per heavy atom. The van der Waals surface area contributed by atoms with Gasteiger partial charge < -0.3 is 14.8 Å². The summed E-state index contributed by atoms with van der Waals surface area (Å²) in [5, 5.41) is 2.65. The normalized spacial score (nSPS) is 10.0. The molecule has 0 aliphatic carbocycles. The summed E-state index contributed by atoms with van der Waals surface area (Å²) >= 11 is 0. The number of rotatable bonds is 6. The molecule has 7 nitrogen and oxygen atoms in total. The molecule has 2 aromatic rings. The Morgan fingerprint density at radius 3 is 2.65 bits per heavy atom. The second-order valence-corrected chi connectivity index (χ2v) is 4.39. The molecule has 0 aliphatic heterocycles. The van der Waals surface area contributed by atoms with E-state index in [-0.39, 0.29) is 17.9 Å². The first-order valence-electron chi connectivity index (χ1n) is 7.18. The third kappa shape index (κ3) is 4.26. The van der Waals surface area contributed by atoms with E-state index in [1.54, 1.807) is 31.2 Å². The number of esters is 1. The number of nitrogens with zero attached hydrogens (tertiary/aromatic N) is 2. The van der Waals surface area contributed by atoms with Crippen molar-refractivity contribution in [2.75, 3.05) is 18.5 Å². The van der Waals surface area contributed by atoms with Crippen LogP contribution in [0.15, 0.2) is 36.7 Å². The summed E-state index contributed by atoms with van der Waals surface area (Å²) in [6.45, 7) is 4.22. The Bertz CT molecular complexity index is 703. The predicted octanol–water partition coefficient (Wildman–Crippen LogP) is 2.30.